The Morgan fingerprint density at radius 3 is 2.57 bits per heavy atom. The van der Waals surface area contributed by atoms with Gasteiger partial charge in [-0.3, -0.25) is 4.79 Å². The fourth-order valence-corrected chi connectivity index (χ4v) is 4.04. The van der Waals surface area contributed by atoms with Gasteiger partial charge in [-0.1, -0.05) is 24.3 Å². The summed E-state index contributed by atoms with van der Waals surface area (Å²) >= 11 is 0. The second-order valence-electron chi connectivity index (χ2n) is 9.98. The largest absolute Gasteiger partial charge is 0.491 e. The third-order valence-corrected chi connectivity index (χ3v) is 5.60. The van der Waals surface area contributed by atoms with Crippen LogP contribution in [0.1, 0.15) is 56.2 Å². The number of benzene rings is 2. The zero-order valence-electron chi connectivity index (χ0n) is 20.5. The number of fused-ring (bicyclic) bond motifs is 2. The molecule has 0 atom stereocenters. The summed E-state index contributed by atoms with van der Waals surface area (Å²) in [5.41, 5.74) is 0.171. The lowest BCUT2D eigenvalue weighted by Crippen LogP contribution is -2.42. The predicted molar refractivity (Wildman–Crippen MR) is 129 cm³/mol. The molecule has 1 aliphatic heterocycles. The molecular weight excluding hydrogens is 451 g/mol. The Morgan fingerprint density at radius 2 is 1.83 bits per heavy atom. The highest BCUT2D eigenvalue weighted by molar-refractivity contribution is 5.98. The standard InChI is InChI=1S/C26H29FN4O4/c1-25(2,3)35-24(33)31-12-13-34-21-16(14-31)8-6-10-18(21)23(32)30-26(4,5)22-17-9-7-11-19(27)20(17)28-15-29-22/h6-11,15H,12-14H2,1-5H3,(H,30,32). The van der Waals surface area contributed by atoms with Gasteiger partial charge >= 0.3 is 6.09 Å². The average Bonchev–Trinajstić information content (AvgIpc) is 3.00. The second kappa shape index (κ2) is 9.13. The molecule has 2 amide bonds. The van der Waals surface area contributed by atoms with E-state index in [1.54, 1.807) is 43.0 Å². The molecule has 0 unspecified atom stereocenters. The van der Waals surface area contributed by atoms with Gasteiger partial charge in [0.1, 0.15) is 35.6 Å². The molecule has 8 nitrogen and oxygen atoms in total. The molecule has 0 saturated heterocycles. The summed E-state index contributed by atoms with van der Waals surface area (Å²) in [6, 6.07) is 9.89. The van der Waals surface area contributed by atoms with Crippen LogP contribution in [0.5, 0.6) is 5.75 Å². The van der Waals surface area contributed by atoms with Gasteiger partial charge in [0, 0.05) is 10.9 Å². The number of nitrogens with zero attached hydrogens (tertiary/aromatic N) is 3. The summed E-state index contributed by atoms with van der Waals surface area (Å²) in [4.78, 5) is 36.0. The highest BCUT2D eigenvalue weighted by Gasteiger charge is 2.31. The van der Waals surface area contributed by atoms with Crippen LogP contribution >= 0.6 is 0 Å². The van der Waals surface area contributed by atoms with Gasteiger partial charge in [0.2, 0.25) is 0 Å². The minimum absolute atomic E-state index is 0.193. The van der Waals surface area contributed by atoms with Gasteiger partial charge in [-0.05, 0) is 46.8 Å². The molecule has 4 rings (SSSR count). The number of hydrogen-bond donors (Lipinski definition) is 1. The molecule has 184 valence electrons. The van der Waals surface area contributed by atoms with Crippen LogP contribution in [0.25, 0.3) is 10.9 Å². The Bertz CT molecular complexity index is 1290. The van der Waals surface area contributed by atoms with E-state index in [1.165, 1.54) is 12.4 Å². The Morgan fingerprint density at radius 1 is 1.09 bits per heavy atom. The van der Waals surface area contributed by atoms with Crippen molar-refractivity contribution in [2.45, 2.75) is 52.3 Å². The monoisotopic (exact) mass is 480 g/mol. The molecule has 1 N–H and O–H groups in total. The normalized spacial score (nSPS) is 14.1. The second-order valence-corrected chi connectivity index (χ2v) is 9.98. The average molecular weight is 481 g/mol. The van der Waals surface area contributed by atoms with Crippen molar-refractivity contribution < 1.29 is 23.5 Å². The fraction of sp³-hybridized carbons (Fsp3) is 0.385. The quantitative estimate of drug-likeness (QED) is 0.591. The fourth-order valence-electron chi connectivity index (χ4n) is 4.04. The zero-order valence-corrected chi connectivity index (χ0v) is 20.5. The van der Waals surface area contributed by atoms with Crippen LogP contribution in [0.2, 0.25) is 0 Å². The summed E-state index contributed by atoms with van der Waals surface area (Å²) in [7, 11) is 0. The van der Waals surface area contributed by atoms with E-state index in [0.717, 1.165) is 0 Å². The van der Waals surface area contributed by atoms with Gasteiger partial charge in [0.15, 0.2) is 0 Å². The molecule has 35 heavy (non-hydrogen) atoms. The van der Waals surface area contributed by atoms with E-state index < -0.39 is 23.1 Å². The number of carbonyl (C=O) groups excluding carboxylic acids is 2. The van der Waals surface area contributed by atoms with E-state index in [9.17, 15) is 14.0 Å². The van der Waals surface area contributed by atoms with Crippen molar-refractivity contribution in [3.8, 4) is 5.75 Å². The number of nitrogens with one attached hydrogen (secondary N) is 1. The molecule has 0 bridgehead atoms. The zero-order chi connectivity index (χ0) is 25.4. The third-order valence-electron chi connectivity index (χ3n) is 5.60. The summed E-state index contributed by atoms with van der Waals surface area (Å²) < 4.78 is 25.7. The van der Waals surface area contributed by atoms with Crippen molar-refractivity contribution in [2.24, 2.45) is 0 Å². The smallest absolute Gasteiger partial charge is 0.410 e. The van der Waals surface area contributed by atoms with Gasteiger partial charge in [-0.25, -0.2) is 19.2 Å². The Balaban J connectivity index is 1.61. The molecule has 0 fully saturated rings. The van der Waals surface area contributed by atoms with Crippen molar-refractivity contribution in [1.82, 2.24) is 20.2 Å². The first-order valence-corrected chi connectivity index (χ1v) is 11.4. The number of ether oxygens (including phenoxy) is 2. The number of carbonyl (C=O) groups is 2. The van der Waals surface area contributed by atoms with Crippen molar-refractivity contribution in [3.63, 3.8) is 0 Å². The van der Waals surface area contributed by atoms with Gasteiger partial charge in [0.05, 0.1) is 29.9 Å². The van der Waals surface area contributed by atoms with Crippen molar-refractivity contribution in [1.29, 1.82) is 0 Å². The maximum Gasteiger partial charge on any atom is 0.410 e. The first-order chi connectivity index (χ1) is 16.5. The van der Waals surface area contributed by atoms with Gasteiger partial charge in [-0.2, -0.15) is 0 Å². The lowest BCUT2D eigenvalue weighted by atomic mass is 9.95. The third kappa shape index (κ3) is 5.18. The number of rotatable bonds is 3. The van der Waals surface area contributed by atoms with E-state index in [0.29, 0.717) is 34.5 Å². The van der Waals surface area contributed by atoms with E-state index in [2.05, 4.69) is 15.3 Å². The topological polar surface area (TPSA) is 93.6 Å². The highest BCUT2D eigenvalue weighted by atomic mass is 19.1. The van der Waals surface area contributed by atoms with Crippen LogP contribution in [0, 0.1) is 5.82 Å². The number of para-hydroxylation sites is 2. The lowest BCUT2D eigenvalue weighted by molar-refractivity contribution is 0.0225. The molecule has 1 aliphatic rings. The van der Waals surface area contributed by atoms with E-state index in [4.69, 9.17) is 9.47 Å². The maximum atomic E-state index is 14.3. The molecule has 9 heteroatoms. The molecular formula is C26H29FN4O4. The van der Waals surface area contributed by atoms with Crippen LogP contribution in [0.3, 0.4) is 0 Å². The molecule has 3 aromatic rings. The van der Waals surface area contributed by atoms with Crippen molar-refractivity contribution in [3.05, 3.63) is 65.4 Å². The van der Waals surface area contributed by atoms with E-state index in [-0.39, 0.29) is 24.6 Å². The SMILES string of the molecule is CC(C)(C)OC(=O)N1CCOc2c(cccc2C(=O)NC(C)(C)c2ncnc3c(F)cccc23)C1. The Kier molecular flexibility index (Phi) is 6.36. The number of aromatic nitrogens is 2. The number of hydrogen-bond acceptors (Lipinski definition) is 6. The first kappa shape index (κ1) is 24.4. The Labute approximate surface area is 203 Å². The number of halogens is 1. The van der Waals surface area contributed by atoms with Gasteiger partial charge in [0.25, 0.3) is 5.91 Å². The van der Waals surface area contributed by atoms with Crippen LogP contribution in [-0.4, -0.2) is 45.6 Å². The summed E-state index contributed by atoms with van der Waals surface area (Å²) in [6.45, 7) is 9.83. The lowest BCUT2D eigenvalue weighted by Gasteiger charge is -2.27. The highest BCUT2D eigenvalue weighted by Crippen LogP contribution is 2.31. The molecule has 0 saturated carbocycles. The van der Waals surface area contributed by atoms with E-state index in [1.807, 2.05) is 26.8 Å². The Hall–Kier alpha value is -3.75. The van der Waals surface area contributed by atoms with E-state index >= 15 is 0 Å². The molecule has 1 aromatic heterocycles. The van der Waals surface area contributed by atoms with Crippen LogP contribution in [0.4, 0.5) is 9.18 Å². The molecule has 2 aromatic carbocycles. The van der Waals surface area contributed by atoms with Crippen LogP contribution < -0.4 is 10.1 Å². The summed E-state index contributed by atoms with van der Waals surface area (Å²) in [5.74, 6) is -0.407. The van der Waals surface area contributed by atoms with Gasteiger partial charge in [-0.15, -0.1) is 0 Å². The van der Waals surface area contributed by atoms with Crippen LogP contribution in [-0.2, 0) is 16.8 Å². The number of amides is 2. The van der Waals surface area contributed by atoms with Crippen molar-refractivity contribution in [2.75, 3.05) is 13.2 Å². The minimum Gasteiger partial charge on any atom is -0.491 e. The summed E-state index contributed by atoms with van der Waals surface area (Å²) in [5, 5.41) is 3.52. The maximum absolute atomic E-state index is 14.3. The molecule has 0 spiro atoms. The first-order valence-electron chi connectivity index (χ1n) is 11.4. The molecule has 2 heterocycles. The van der Waals surface area contributed by atoms with Crippen molar-refractivity contribution >= 4 is 22.9 Å². The van der Waals surface area contributed by atoms with Crippen LogP contribution in [0.15, 0.2) is 42.7 Å². The minimum atomic E-state index is -0.942. The molecule has 0 aliphatic carbocycles. The summed E-state index contributed by atoms with van der Waals surface area (Å²) in [6.07, 6.45) is 0.852. The predicted octanol–water partition coefficient (Wildman–Crippen LogP) is 4.56. The molecule has 0 radical (unpaired) electrons. The van der Waals surface area contributed by atoms with Gasteiger partial charge < -0.3 is 19.7 Å².